The molecule has 29 heavy (non-hydrogen) atoms. The molecule has 0 aromatic rings. The minimum absolute atomic E-state index is 0.161. The Bertz CT molecular complexity index is 609. The van der Waals surface area contributed by atoms with E-state index in [4.69, 9.17) is 23.7 Å². The smallest absolute Gasteiger partial charge is 0.303 e. The highest BCUT2D eigenvalue weighted by molar-refractivity contribution is 5.74. The molecule has 1 rings (SSSR count). The molecule has 1 aliphatic rings. The average Bonchev–Trinajstić information content (AvgIpc) is 2.58. The van der Waals surface area contributed by atoms with E-state index < -0.39 is 54.1 Å². The van der Waals surface area contributed by atoms with E-state index in [-0.39, 0.29) is 13.2 Å². The average molecular weight is 419 g/mol. The van der Waals surface area contributed by atoms with Crippen LogP contribution in [-0.2, 0) is 42.9 Å². The first-order valence-corrected chi connectivity index (χ1v) is 9.27. The summed E-state index contributed by atoms with van der Waals surface area (Å²) in [7, 11) is 0. The Kier molecular flexibility index (Phi) is 9.47. The van der Waals surface area contributed by atoms with Gasteiger partial charge in [0.25, 0.3) is 0 Å². The van der Waals surface area contributed by atoms with Gasteiger partial charge in [0.1, 0.15) is 12.7 Å². The topological polar surface area (TPSA) is 147 Å². The molecule has 0 spiro atoms. The molecule has 0 unspecified atom stereocenters. The molecule has 2 N–H and O–H groups in total. The summed E-state index contributed by atoms with van der Waals surface area (Å²) in [6.45, 7) is 6.22. The summed E-state index contributed by atoms with van der Waals surface area (Å²) < 4.78 is 26.6. The van der Waals surface area contributed by atoms with Crippen LogP contribution in [0.15, 0.2) is 0 Å². The van der Waals surface area contributed by atoms with Crippen molar-refractivity contribution in [2.45, 2.75) is 77.8 Å². The zero-order valence-corrected chi connectivity index (χ0v) is 17.3. The standard InChI is InChI=1S/C18H29NO10/c1-6-7-8-25-17-18(24,19-10(2)20)16(28-13(5)23)15(27-12(4)22)14(29-17)9-26-11(3)21/h14-17,24H,6-9H2,1-5H3,(H,19,20)/t14-,15-,16+,17-,18-/m1/s1. The first-order valence-electron chi connectivity index (χ1n) is 9.27. The van der Waals surface area contributed by atoms with Crippen LogP contribution in [0.2, 0.25) is 0 Å². The number of amides is 1. The molecule has 1 saturated heterocycles. The number of carbonyl (C=O) groups excluding carboxylic acids is 4. The maximum absolute atomic E-state index is 11.7. The normalized spacial score (nSPS) is 28.9. The molecule has 0 aromatic carbocycles. The second-order valence-electron chi connectivity index (χ2n) is 6.64. The van der Waals surface area contributed by atoms with Crippen LogP contribution in [0.1, 0.15) is 47.5 Å². The van der Waals surface area contributed by atoms with Crippen molar-refractivity contribution in [1.82, 2.24) is 5.32 Å². The maximum Gasteiger partial charge on any atom is 0.303 e. The molecule has 1 aliphatic heterocycles. The van der Waals surface area contributed by atoms with Crippen LogP contribution in [0.4, 0.5) is 0 Å². The Hall–Kier alpha value is -2.24. The predicted octanol–water partition coefficient (Wildman–Crippen LogP) is -0.221. The van der Waals surface area contributed by atoms with Gasteiger partial charge < -0.3 is 34.1 Å². The third-order valence-electron chi connectivity index (χ3n) is 3.95. The Morgan fingerprint density at radius 1 is 1.03 bits per heavy atom. The molecule has 166 valence electrons. The number of ether oxygens (including phenoxy) is 5. The molecular weight excluding hydrogens is 390 g/mol. The van der Waals surface area contributed by atoms with E-state index in [0.717, 1.165) is 27.2 Å². The van der Waals surface area contributed by atoms with Gasteiger partial charge in [0.2, 0.25) is 17.9 Å². The van der Waals surface area contributed by atoms with Gasteiger partial charge >= 0.3 is 17.9 Å². The quantitative estimate of drug-likeness (QED) is 0.222. The van der Waals surface area contributed by atoms with Crippen molar-refractivity contribution >= 4 is 23.8 Å². The molecule has 0 aromatic heterocycles. The summed E-state index contributed by atoms with van der Waals surface area (Å²) in [6, 6.07) is 0. The third-order valence-corrected chi connectivity index (χ3v) is 3.95. The van der Waals surface area contributed by atoms with Crippen molar-refractivity contribution < 1.29 is 48.0 Å². The first-order chi connectivity index (χ1) is 13.5. The molecule has 1 heterocycles. The maximum atomic E-state index is 11.7. The molecule has 1 amide bonds. The van der Waals surface area contributed by atoms with E-state index in [1.54, 1.807) is 0 Å². The minimum Gasteiger partial charge on any atom is -0.463 e. The highest BCUT2D eigenvalue weighted by atomic mass is 16.7. The van der Waals surface area contributed by atoms with Gasteiger partial charge in [-0.3, -0.25) is 19.2 Å². The van der Waals surface area contributed by atoms with Crippen molar-refractivity contribution in [3.63, 3.8) is 0 Å². The van der Waals surface area contributed by atoms with E-state index in [0.29, 0.717) is 6.42 Å². The molecule has 0 saturated carbocycles. The molecule has 0 aliphatic carbocycles. The Labute approximate surface area is 168 Å². The first kappa shape index (κ1) is 24.8. The molecule has 11 heteroatoms. The fourth-order valence-electron chi connectivity index (χ4n) is 2.83. The van der Waals surface area contributed by atoms with Crippen LogP contribution in [0.3, 0.4) is 0 Å². The SMILES string of the molecule is CCCCO[C@@H]1O[C@H](COC(C)=O)[C@@H](OC(C)=O)[C@H](OC(C)=O)[C@]1(O)NC(C)=O. The second-order valence-corrected chi connectivity index (χ2v) is 6.64. The van der Waals surface area contributed by atoms with Crippen molar-refractivity contribution in [3.05, 3.63) is 0 Å². The van der Waals surface area contributed by atoms with Gasteiger partial charge in [-0.25, -0.2) is 0 Å². The van der Waals surface area contributed by atoms with Crippen molar-refractivity contribution in [2.24, 2.45) is 0 Å². The number of carbonyl (C=O) groups is 4. The highest BCUT2D eigenvalue weighted by Gasteiger charge is 2.60. The van der Waals surface area contributed by atoms with Crippen molar-refractivity contribution in [1.29, 1.82) is 0 Å². The van der Waals surface area contributed by atoms with Gasteiger partial charge in [0, 0.05) is 34.3 Å². The van der Waals surface area contributed by atoms with E-state index >= 15 is 0 Å². The molecule has 1 fully saturated rings. The summed E-state index contributed by atoms with van der Waals surface area (Å²) in [6.07, 6.45) is -4.20. The Balaban J connectivity index is 3.36. The van der Waals surface area contributed by atoms with Gasteiger partial charge in [-0.1, -0.05) is 13.3 Å². The number of unbranched alkanes of at least 4 members (excludes halogenated alkanes) is 1. The minimum atomic E-state index is -2.36. The largest absolute Gasteiger partial charge is 0.463 e. The van der Waals surface area contributed by atoms with Crippen LogP contribution < -0.4 is 5.32 Å². The van der Waals surface area contributed by atoms with E-state index in [9.17, 15) is 24.3 Å². The molecule has 0 bridgehead atoms. The van der Waals surface area contributed by atoms with Gasteiger partial charge in [0.15, 0.2) is 12.2 Å². The Morgan fingerprint density at radius 3 is 2.14 bits per heavy atom. The molecule has 0 radical (unpaired) electrons. The Morgan fingerprint density at radius 2 is 1.66 bits per heavy atom. The third kappa shape index (κ3) is 7.26. The summed E-state index contributed by atoms with van der Waals surface area (Å²) in [4.78, 5) is 46.3. The van der Waals surface area contributed by atoms with Gasteiger partial charge in [0.05, 0.1) is 0 Å². The fraction of sp³-hybridized carbons (Fsp3) is 0.778. The zero-order valence-electron chi connectivity index (χ0n) is 17.3. The fourth-order valence-corrected chi connectivity index (χ4v) is 2.83. The number of hydrogen-bond acceptors (Lipinski definition) is 10. The van der Waals surface area contributed by atoms with Gasteiger partial charge in [-0.05, 0) is 6.42 Å². The monoisotopic (exact) mass is 419 g/mol. The lowest BCUT2D eigenvalue weighted by Gasteiger charge is -2.49. The summed E-state index contributed by atoms with van der Waals surface area (Å²) >= 11 is 0. The molecule has 5 atom stereocenters. The number of rotatable bonds is 9. The van der Waals surface area contributed by atoms with Crippen LogP contribution >= 0.6 is 0 Å². The lowest BCUT2D eigenvalue weighted by atomic mass is 9.92. The lowest BCUT2D eigenvalue weighted by molar-refractivity contribution is -0.349. The lowest BCUT2D eigenvalue weighted by Crippen LogP contribution is -2.75. The number of nitrogens with one attached hydrogen (secondary N) is 1. The van der Waals surface area contributed by atoms with Crippen LogP contribution in [-0.4, -0.2) is 72.5 Å². The second kappa shape index (κ2) is 11.1. The van der Waals surface area contributed by atoms with Crippen LogP contribution in [0.25, 0.3) is 0 Å². The number of esters is 3. The highest BCUT2D eigenvalue weighted by Crippen LogP contribution is 2.33. The van der Waals surface area contributed by atoms with Crippen LogP contribution in [0.5, 0.6) is 0 Å². The van der Waals surface area contributed by atoms with Gasteiger partial charge in [-0.2, -0.15) is 0 Å². The summed E-state index contributed by atoms with van der Waals surface area (Å²) in [5.41, 5.74) is -2.36. The molecular formula is C18H29NO10. The van der Waals surface area contributed by atoms with Crippen molar-refractivity contribution in [2.75, 3.05) is 13.2 Å². The van der Waals surface area contributed by atoms with E-state index in [1.807, 2.05) is 6.92 Å². The number of aliphatic hydroxyl groups is 1. The van der Waals surface area contributed by atoms with Gasteiger partial charge in [-0.15, -0.1) is 0 Å². The summed E-state index contributed by atoms with van der Waals surface area (Å²) in [5, 5.41) is 13.5. The van der Waals surface area contributed by atoms with E-state index in [1.165, 1.54) is 6.92 Å². The van der Waals surface area contributed by atoms with Crippen molar-refractivity contribution in [3.8, 4) is 0 Å². The summed E-state index contributed by atoms with van der Waals surface area (Å²) in [5.74, 6) is -2.86. The predicted molar refractivity (Wildman–Crippen MR) is 96.0 cm³/mol. The van der Waals surface area contributed by atoms with Crippen LogP contribution in [0, 0.1) is 0 Å². The number of hydrogen-bond donors (Lipinski definition) is 2. The van der Waals surface area contributed by atoms with E-state index in [2.05, 4.69) is 5.32 Å². The zero-order chi connectivity index (χ0) is 22.2. The molecule has 11 nitrogen and oxygen atoms in total.